The summed E-state index contributed by atoms with van der Waals surface area (Å²) in [6.45, 7) is 6.78. The first-order valence-corrected chi connectivity index (χ1v) is 12.2. The molecule has 1 aliphatic heterocycles. The first kappa shape index (κ1) is 23.8. The van der Waals surface area contributed by atoms with Gasteiger partial charge in [-0.25, -0.2) is 4.98 Å². The van der Waals surface area contributed by atoms with Crippen molar-refractivity contribution < 1.29 is 19.0 Å². The van der Waals surface area contributed by atoms with Gasteiger partial charge in [-0.2, -0.15) is 0 Å². The van der Waals surface area contributed by atoms with Gasteiger partial charge in [-0.1, -0.05) is 29.0 Å². The highest BCUT2D eigenvalue weighted by Gasteiger charge is 2.22. The van der Waals surface area contributed by atoms with E-state index in [1.807, 2.05) is 19.1 Å². The summed E-state index contributed by atoms with van der Waals surface area (Å²) in [5, 5.41) is 1.28. The summed E-state index contributed by atoms with van der Waals surface area (Å²) < 4.78 is 17.7. The van der Waals surface area contributed by atoms with E-state index in [-0.39, 0.29) is 12.5 Å². The minimum Gasteiger partial charge on any atom is -0.494 e. The van der Waals surface area contributed by atoms with Crippen LogP contribution in [0.5, 0.6) is 11.5 Å². The van der Waals surface area contributed by atoms with E-state index in [1.165, 1.54) is 11.3 Å². The largest absolute Gasteiger partial charge is 0.494 e. The Kier molecular flexibility index (Phi) is 8.03. The topological polar surface area (TPSA) is 64.1 Å². The summed E-state index contributed by atoms with van der Waals surface area (Å²) in [5.41, 5.74) is 1.88. The Morgan fingerprint density at radius 1 is 1.21 bits per heavy atom. The van der Waals surface area contributed by atoms with Crippen LogP contribution in [0.3, 0.4) is 0 Å². The molecular formula is C24H28ClN3O4S. The maximum absolute atomic E-state index is 13.3. The molecule has 0 saturated carbocycles. The van der Waals surface area contributed by atoms with E-state index >= 15 is 0 Å². The third-order valence-electron chi connectivity index (χ3n) is 5.58. The molecule has 1 saturated heterocycles. The van der Waals surface area contributed by atoms with Crippen molar-refractivity contribution in [3.63, 3.8) is 0 Å². The normalized spacial score (nSPS) is 14.4. The highest BCUT2D eigenvalue weighted by molar-refractivity contribution is 7.22. The predicted octanol–water partition coefficient (Wildman–Crippen LogP) is 4.40. The summed E-state index contributed by atoms with van der Waals surface area (Å²) in [6, 6.07) is 10.9. The van der Waals surface area contributed by atoms with Crippen molar-refractivity contribution in [2.24, 2.45) is 0 Å². The van der Waals surface area contributed by atoms with Gasteiger partial charge in [0.2, 0.25) is 0 Å². The van der Waals surface area contributed by atoms with Crippen molar-refractivity contribution in [2.75, 3.05) is 58.0 Å². The van der Waals surface area contributed by atoms with Crippen LogP contribution >= 0.6 is 22.9 Å². The van der Waals surface area contributed by atoms with E-state index in [0.29, 0.717) is 28.2 Å². The standard InChI is InChI=1S/C24H28ClN3O4S/c1-17-4-9-20(30-2)22-23(17)33-24(26-22)28(11-3-10-27-12-14-31-15-13-27)21(29)16-32-19-7-5-18(25)6-8-19/h4-9H,3,10-16H2,1-2H3. The zero-order chi connectivity index (χ0) is 23.2. The summed E-state index contributed by atoms with van der Waals surface area (Å²) in [7, 11) is 1.63. The maximum atomic E-state index is 13.3. The zero-order valence-electron chi connectivity index (χ0n) is 18.9. The number of carbonyl (C=O) groups is 1. The summed E-state index contributed by atoms with van der Waals surface area (Å²) in [6.07, 6.45) is 0.832. The number of hydrogen-bond acceptors (Lipinski definition) is 7. The first-order valence-electron chi connectivity index (χ1n) is 11.0. The fourth-order valence-electron chi connectivity index (χ4n) is 3.74. The number of anilines is 1. The number of rotatable bonds is 9. The molecule has 2 heterocycles. The van der Waals surface area contributed by atoms with Gasteiger partial charge in [0.15, 0.2) is 11.7 Å². The van der Waals surface area contributed by atoms with E-state index in [0.717, 1.165) is 55.0 Å². The molecule has 0 bridgehead atoms. The third kappa shape index (κ3) is 5.95. The first-order chi connectivity index (χ1) is 16.0. The number of fused-ring (bicyclic) bond motifs is 1. The van der Waals surface area contributed by atoms with E-state index < -0.39 is 0 Å². The molecule has 0 spiro atoms. The van der Waals surface area contributed by atoms with Crippen LogP contribution in [0.2, 0.25) is 5.02 Å². The van der Waals surface area contributed by atoms with Crippen molar-refractivity contribution in [3.05, 3.63) is 47.0 Å². The van der Waals surface area contributed by atoms with Gasteiger partial charge in [0, 0.05) is 31.2 Å². The van der Waals surface area contributed by atoms with Crippen molar-refractivity contribution in [1.29, 1.82) is 0 Å². The van der Waals surface area contributed by atoms with Crippen LogP contribution < -0.4 is 14.4 Å². The molecule has 1 fully saturated rings. The van der Waals surface area contributed by atoms with E-state index in [2.05, 4.69) is 4.90 Å². The highest BCUT2D eigenvalue weighted by Crippen LogP contribution is 2.36. The minimum atomic E-state index is -0.136. The molecule has 0 N–H and O–H groups in total. The molecule has 0 radical (unpaired) electrons. The van der Waals surface area contributed by atoms with Crippen LogP contribution in [-0.4, -0.2) is 68.9 Å². The van der Waals surface area contributed by atoms with Crippen LogP contribution in [-0.2, 0) is 9.53 Å². The molecule has 1 aliphatic rings. The number of methoxy groups -OCH3 is 1. The van der Waals surface area contributed by atoms with Gasteiger partial charge in [-0.15, -0.1) is 0 Å². The van der Waals surface area contributed by atoms with Crippen LogP contribution in [0.1, 0.15) is 12.0 Å². The molecule has 9 heteroatoms. The fraction of sp³-hybridized carbons (Fsp3) is 0.417. The van der Waals surface area contributed by atoms with E-state index in [4.69, 9.17) is 30.8 Å². The highest BCUT2D eigenvalue weighted by atomic mass is 35.5. The van der Waals surface area contributed by atoms with Crippen LogP contribution in [0, 0.1) is 6.92 Å². The van der Waals surface area contributed by atoms with Gasteiger partial charge in [-0.3, -0.25) is 14.6 Å². The maximum Gasteiger partial charge on any atom is 0.266 e. The molecule has 1 aromatic heterocycles. The monoisotopic (exact) mass is 489 g/mol. The molecule has 0 aliphatic carbocycles. The van der Waals surface area contributed by atoms with Crippen LogP contribution in [0.25, 0.3) is 10.2 Å². The fourth-order valence-corrected chi connectivity index (χ4v) is 4.96. The number of hydrogen-bond donors (Lipinski definition) is 0. The lowest BCUT2D eigenvalue weighted by Crippen LogP contribution is -2.40. The quantitative estimate of drug-likeness (QED) is 0.444. The Bertz CT molecular complexity index is 1080. The number of nitrogens with zero attached hydrogens (tertiary/aromatic N) is 3. The molecule has 1 amide bonds. The number of thiazole rings is 1. The van der Waals surface area contributed by atoms with Gasteiger partial charge < -0.3 is 14.2 Å². The Balaban J connectivity index is 1.52. The SMILES string of the molecule is COc1ccc(C)c2sc(N(CCCN3CCOCC3)C(=O)COc3ccc(Cl)cc3)nc12. The number of aromatic nitrogens is 1. The van der Waals surface area contributed by atoms with Crippen LogP contribution in [0.15, 0.2) is 36.4 Å². The van der Waals surface area contributed by atoms with E-state index in [1.54, 1.807) is 36.3 Å². The molecule has 4 rings (SSSR count). The molecule has 33 heavy (non-hydrogen) atoms. The molecule has 3 aromatic rings. The van der Waals surface area contributed by atoms with Crippen molar-refractivity contribution >= 4 is 44.2 Å². The lowest BCUT2D eigenvalue weighted by molar-refractivity contribution is -0.120. The number of morpholine rings is 1. The predicted molar refractivity (Wildman–Crippen MR) is 132 cm³/mol. The Labute approximate surface area is 202 Å². The van der Waals surface area contributed by atoms with Gasteiger partial charge in [0.1, 0.15) is 17.0 Å². The second-order valence-electron chi connectivity index (χ2n) is 7.85. The number of ether oxygens (including phenoxy) is 3. The summed E-state index contributed by atoms with van der Waals surface area (Å²) in [4.78, 5) is 22.1. The molecule has 7 nitrogen and oxygen atoms in total. The molecule has 0 atom stereocenters. The lowest BCUT2D eigenvalue weighted by atomic mass is 10.2. The molecular weight excluding hydrogens is 462 g/mol. The number of carbonyl (C=O) groups excluding carboxylic acids is 1. The second kappa shape index (κ2) is 11.2. The van der Waals surface area contributed by atoms with Gasteiger partial charge in [0.05, 0.1) is 25.0 Å². The summed E-state index contributed by atoms with van der Waals surface area (Å²) in [5.74, 6) is 1.17. The minimum absolute atomic E-state index is 0.0781. The number of aryl methyl sites for hydroxylation is 1. The smallest absolute Gasteiger partial charge is 0.266 e. The van der Waals surface area contributed by atoms with Crippen molar-refractivity contribution in [1.82, 2.24) is 9.88 Å². The second-order valence-corrected chi connectivity index (χ2v) is 9.27. The van der Waals surface area contributed by atoms with Crippen molar-refractivity contribution in [2.45, 2.75) is 13.3 Å². The van der Waals surface area contributed by atoms with Gasteiger partial charge >= 0.3 is 0 Å². The Hall–Kier alpha value is -2.39. The number of amides is 1. The lowest BCUT2D eigenvalue weighted by Gasteiger charge is -2.27. The average Bonchev–Trinajstić information content (AvgIpc) is 3.28. The van der Waals surface area contributed by atoms with E-state index in [9.17, 15) is 4.79 Å². The molecule has 0 unspecified atom stereocenters. The number of benzene rings is 2. The molecule has 176 valence electrons. The average molecular weight is 490 g/mol. The Morgan fingerprint density at radius 3 is 2.70 bits per heavy atom. The zero-order valence-corrected chi connectivity index (χ0v) is 20.5. The van der Waals surface area contributed by atoms with Crippen molar-refractivity contribution in [3.8, 4) is 11.5 Å². The molecule has 2 aromatic carbocycles. The van der Waals surface area contributed by atoms with Gasteiger partial charge in [0.25, 0.3) is 5.91 Å². The van der Waals surface area contributed by atoms with Crippen LogP contribution in [0.4, 0.5) is 5.13 Å². The number of halogens is 1. The van der Waals surface area contributed by atoms with Gasteiger partial charge in [-0.05, 0) is 49.2 Å². The summed E-state index contributed by atoms with van der Waals surface area (Å²) >= 11 is 7.45. The third-order valence-corrected chi connectivity index (χ3v) is 7.05. The Morgan fingerprint density at radius 2 is 1.97 bits per heavy atom.